The number of hydrogen-bond acceptors (Lipinski definition) is 4. The van der Waals surface area contributed by atoms with Crippen molar-refractivity contribution in [2.75, 3.05) is 13.1 Å². The number of pyridine rings is 1. The lowest BCUT2D eigenvalue weighted by Gasteiger charge is -2.32. The van der Waals surface area contributed by atoms with Crippen molar-refractivity contribution in [3.63, 3.8) is 0 Å². The van der Waals surface area contributed by atoms with E-state index < -0.39 is 5.97 Å². The smallest absolute Gasteiger partial charge is 0.335 e. The number of H-pyrrole nitrogens is 1. The number of carboxylic acid groups (broad SMARTS) is 1. The highest BCUT2D eigenvalue weighted by atomic mass is 16.4. The van der Waals surface area contributed by atoms with E-state index in [9.17, 15) is 14.7 Å². The highest BCUT2D eigenvalue weighted by Crippen LogP contribution is 2.28. The number of carboxylic acids is 1. The van der Waals surface area contributed by atoms with E-state index in [1.54, 1.807) is 35.4 Å². The van der Waals surface area contributed by atoms with Crippen LogP contribution in [0.25, 0.3) is 11.4 Å². The van der Waals surface area contributed by atoms with Crippen LogP contribution >= 0.6 is 0 Å². The molecule has 0 spiro atoms. The molecule has 0 bridgehead atoms. The Morgan fingerprint density at radius 1 is 1.11 bits per heavy atom. The van der Waals surface area contributed by atoms with Gasteiger partial charge in [-0.3, -0.25) is 14.9 Å². The van der Waals surface area contributed by atoms with Crippen LogP contribution < -0.4 is 0 Å². The predicted octanol–water partition coefficient (Wildman–Crippen LogP) is 3.19. The SMILES string of the molecule is O=C(O)c1cccc([C@@H]2CCCN(C(=O)c3cc(-c4ccccn4)n[nH]3)C2)c1. The van der Waals surface area contributed by atoms with Gasteiger partial charge in [-0.15, -0.1) is 0 Å². The van der Waals surface area contributed by atoms with Crippen molar-refractivity contribution in [3.8, 4) is 11.4 Å². The molecule has 1 atom stereocenters. The first kappa shape index (κ1) is 17.9. The van der Waals surface area contributed by atoms with Crippen LogP contribution in [-0.2, 0) is 0 Å². The minimum Gasteiger partial charge on any atom is -0.478 e. The molecular weight excluding hydrogens is 356 g/mol. The van der Waals surface area contributed by atoms with Crippen molar-refractivity contribution in [3.05, 3.63) is 71.5 Å². The maximum atomic E-state index is 12.9. The van der Waals surface area contributed by atoms with Crippen LogP contribution in [0.1, 0.15) is 45.2 Å². The van der Waals surface area contributed by atoms with Crippen LogP contribution in [0.2, 0.25) is 0 Å². The number of benzene rings is 1. The molecular formula is C21H20N4O3. The number of nitrogens with zero attached hydrogens (tertiary/aromatic N) is 3. The largest absolute Gasteiger partial charge is 0.478 e. The van der Waals surface area contributed by atoms with Gasteiger partial charge in [-0.2, -0.15) is 5.10 Å². The molecule has 7 nitrogen and oxygen atoms in total. The van der Waals surface area contributed by atoms with E-state index >= 15 is 0 Å². The van der Waals surface area contributed by atoms with Crippen molar-refractivity contribution in [1.29, 1.82) is 0 Å². The standard InChI is InChI=1S/C21H20N4O3/c26-20(19-12-18(23-24-19)17-8-1-2-9-22-17)25-10-4-7-16(13-25)14-5-3-6-15(11-14)21(27)28/h1-3,5-6,8-9,11-12,16H,4,7,10,13H2,(H,23,24)(H,27,28)/t16-/m1/s1. The average molecular weight is 376 g/mol. The first-order chi connectivity index (χ1) is 13.6. The van der Waals surface area contributed by atoms with Gasteiger partial charge < -0.3 is 10.0 Å². The van der Waals surface area contributed by atoms with Crippen molar-refractivity contribution in [2.24, 2.45) is 0 Å². The Balaban J connectivity index is 1.50. The van der Waals surface area contributed by atoms with E-state index in [1.807, 2.05) is 24.3 Å². The molecule has 1 amide bonds. The summed E-state index contributed by atoms with van der Waals surface area (Å²) in [5, 5.41) is 16.2. The second-order valence-corrected chi connectivity index (χ2v) is 6.90. The second kappa shape index (κ2) is 7.64. The third-order valence-electron chi connectivity index (χ3n) is 5.05. The van der Waals surface area contributed by atoms with Crippen LogP contribution in [0, 0.1) is 0 Å². The van der Waals surface area contributed by atoms with E-state index in [-0.39, 0.29) is 17.4 Å². The highest BCUT2D eigenvalue weighted by Gasteiger charge is 2.27. The zero-order valence-electron chi connectivity index (χ0n) is 15.2. The van der Waals surface area contributed by atoms with Gasteiger partial charge in [0.05, 0.1) is 11.3 Å². The van der Waals surface area contributed by atoms with E-state index in [2.05, 4.69) is 15.2 Å². The third kappa shape index (κ3) is 3.64. The van der Waals surface area contributed by atoms with Gasteiger partial charge in [-0.25, -0.2) is 4.79 Å². The Morgan fingerprint density at radius 2 is 2.00 bits per heavy atom. The molecule has 3 aromatic rings. The summed E-state index contributed by atoms with van der Waals surface area (Å²) in [6.45, 7) is 1.23. The number of aromatic amines is 1. The number of rotatable bonds is 4. The van der Waals surface area contributed by atoms with Crippen LogP contribution in [0.5, 0.6) is 0 Å². The van der Waals surface area contributed by atoms with Crippen LogP contribution in [-0.4, -0.2) is 50.2 Å². The number of hydrogen-bond donors (Lipinski definition) is 2. The summed E-state index contributed by atoms with van der Waals surface area (Å²) >= 11 is 0. The lowest BCUT2D eigenvalue weighted by atomic mass is 9.89. The summed E-state index contributed by atoms with van der Waals surface area (Å²) < 4.78 is 0. The number of likely N-dealkylation sites (tertiary alicyclic amines) is 1. The molecule has 2 N–H and O–H groups in total. The molecule has 0 aliphatic carbocycles. The third-order valence-corrected chi connectivity index (χ3v) is 5.05. The Bertz CT molecular complexity index is 1000. The molecule has 1 aromatic carbocycles. The molecule has 1 saturated heterocycles. The van der Waals surface area contributed by atoms with Crippen LogP contribution in [0.4, 0.5) is 0 Å². The molecule has 0 radical (unpaired) electrons. The summed E-state index contributed by atoms with van der Waals surface area (Å²) in [4.78, 5) is 30.2. The molecule has 2 aromatic heterocycles. The summed E-state index contributed by atoms with van der Waals surface area (Å²) in [6.07, 6.45) is 3.48. The van der Waals surface area contributed by atoms with E-state index in [0.717, 1.165) is 18.4 Å². The highest BCUT2D eigenvalue weighted by molar-refractivity contribution is 5.93. The monoisotopic (exact) mass is 376 g/mol. The molecule has 1 aliphatic rings. The maximum absolute atomic E-state index is 12.9. The lowest BCUT2D eigenvalue weighted by Crippen LogP contribution is -2.39. The summed E-state index contributed by atoms with van der Waals surface area (Å²) in [5.74, 6) is -0.922. The van der Waals surface area contributed by atoms with Gasteiger partial charge in [-0.1, -0.05) is 18.2 Å². The van der Waals surface area contributed by atoms with E-state index in [1.165, 1.54) is 0 Å². The van der Waals surface area contributed by atoms with Crippen molar-refractivity contribution >= 4 is 11.9 Å². The minimum absolute atomic E-state index is 0.103. The van der Waals surface area contributed by atoms with Crippen molar-refractivity contribution in [1.82, 2.24) is 20.1 Å². The van der Waals surface area contributed by atoms with Gasteiger partial charge in [-0.05, 0) is 48.7 Å². The summed E-state index contributed by atoms with van der Waals surface area (Å²) in [5.41, 5.74) is 3.00. The zero-order chi connectivity index (χ0) is 19.5. The molecule has 3 heterocycles. The fourth-order valence-electron chi connectivity index (χ4n) is 3.61. The summed E-state index contributed by atoms with van der Waals surface area (Å²) in [6, 6.07) is 14.2. The second-order valence-electron chi connectivity index (χ2n) is 6.90. The van der Waals surface area contributed by atoms with Crippen LogP contribution in [0.3, 0.4) is 0 Å². The number of piperidine rings is 1. The number of aromatic carboxylic acids is 1. The Morgan fingerprint density at radius 3 is 2.79 bits per heavy atom. The Labute approximate surface area is 162 Å². The number of aromatic nitrogens is 3. The predicted molar refractivity (Wildman–Crippen MR) is 103 cm³/mol. The molecule has 4 rings (SSSR count). The topological polar surface area (TPSA) is 99.2 Å². The molecule has 28 heavy (non-hydrogen) atoms. The molecule has 0 saturated carbocycles. The molecule has 1 fully saturated rings. The maximum Gasteiger partial charge on any atom is 0.335 e. The first-order valence-corrected chi connectivity index (χ1v) is 9.21. The lowest BCUT2D eigenvalue weighted by molar-refractivity contribution is 0.0685. The molecule has 142 valence electrons. The first-order valence-electron chi connectivity index (χ1n) is 9.21. The van der Waals surface area contributed by atoms with E-state index in [0.29, 0.717) is 30.2 Å². The number of carbonyl (C=O) groups is 2. The van der Waals surface area contributed by atoms with Gasteiger partial charge >= 0.3 is 5.97 Å². The van der Waals surface area contributed by atoms with E-state index in [4.69, 9.17) is 0 Å². The zero-order valence-corrected chi connectivity index (χ0v) is 15.2. The number of carbonyl (C=O) groups excluding carboxylic acids is 1. The van der Waals surface area contributed by atoms with Gasteiger partial charge in [0, 0.05) is 25.2 Å². The van der Waals surface area contributed by atoms with Gasteiger partial charge in [0.2, 0.25) is 0 Å². The van der Waals surface area contributed by atoms with Gasteiger partial charge in [0.1, 0.15) is 11.4 Å². The number of nitrogens with one attached hydrogen (secondary N) is 1. The Kier molecular flexibility index (Phi) is 4.89. The van der Waals surface area contributed by atoms with Gasteiger partial charge in [0.25, 0.3) is 5.91 Å². The van der Waals surface area contributed by atoms with Crippen LogP contribution in [0.15, 0.2) is 54.7 Å². The minimum atomic E-state index is -0.940. The molecule has 1 aliphatic heterocycles. The van der Waals surface area contributed by atoms with Gasteiger partial charge in [0.15, 0.2) is 0 Å². The fraction of sp³-hybridized carbons (Fsp3) is 0.238. The number of amides is 1. The van der Waals surface area contributed by atoms with Crippen molar-refractivity contribution < 1.29 is 14.7 Å². The normalized spacial score (nSPS) is 16.7. The Hall–Kier alpha value is -3.48. The molecule has 7 heteroatoms. The average Bonchev–Trinajstić information content (AvgIpc) is 3.24. The molecule has 0 unspecified atom stereocenters. The fourth-order valence-corrected chi connectivity index (χ4v) is 3.61. The quantitative estimate of drug-likeness (QED) is 0.728. The summed E-state index contributed by atoms with van der Waals surface area (Å²) in [7, 11) is 0. The van der Waals surface area contributed by atoms with Crippen molar-refractivity contribution in [2.45, 2.75) is 18.8 Å².